The number of aromatic nitrogens is 3. The molecular weight excluding hydrogens is 254 g/mol. The van der Waals surface area contributed by atoms with Gasteiger partial charge in [-0.1, -0.05) is 36.4 Å². The molecule has 0 unspecified atom stereocenters. The van der Waals surface area contributed by atoms with Crippen LogP contribution in [0.15, 0.2) is 76.6 Å². The Morgan fingerprint density at radius 2 is 1.45 bits per heavy atom. The molecule has 0 amide bonds. The van der Waals surface area contributed by atoms with Crippen molar-refractivity contribution in [3.63, 3.8) is 0 Å². The molecule has 5 heteroatoms. The molecule has 0 spiro atoms. The molecule has 0 aliphatic carbocycles. The van der Waals surface area contributed by atoms with E-state index in [1.54, 1.807) is 24.3 Å². The van der Waals surface area contributed by atoms with E-state index in [0.29, 0.717) is 11.4 Å². The minimum absolute atomic E-state index is 0.464. The fraction of sp³-hybridized carbons (Fsp3) is 0. The number of hydrogen-bond donors (Lipinski definition) is 1. The molecule has 3 rings (SSSR count). The second-order valence-electron chi connectivity index (χ2n) is 4.26. The Hall–Kier alpha value is -2.95. The molecule has 0 aliphatic rings. The summed E-state index contributed by atoms with van der Waals surface area (Å²) in [5.41, 5.74) is 0.457. The zero-order valence-electron chi connectivity index (χ0n) is 10.6. The molecule has 0 bridgehead atoms. The first-order valence-corrected chi connectivity index (χ1v) is 6.14. The molecule has 1 heterocycles. The Morgan fingerprint density at radius 3 is 2.10 bits per heavy atom. The molecule has 0 atom stereocenters. The van der Waals surface area contributed by atoms with Gasteiger partial charge in [0.05, 0.1) is 0 Å². The quantitative estimate of drug-likeness (QED) is 0.698. The smallest absolute Gasteiger partial charge is 0.212 e. The van der Waals surface area contributed by atoms with Crippen molar-refractivity contribution in [1.82, 2.24) is 9.55 Å². The highest BCUT2D eigenvalue weighted by molar-refractivity contribution is 5.30. The van der Waals surface area contributed by atoms with Crippen LogP contribution in [0.4, 0.5) is 0 Å². The van der Waals surface area contributed by atoms with Crippen molar-refractivity contribution >= 4 is 0 Å². The summed E-state index contributed by atoms with van der Waals surface area (Å²) in [6.45, 7) is 0. The lowest BCUT2D eigenvalue weighted by Gasteiger charge is -2.02. The number of aromatic amines is 1. The summed E-state index contributed by atoms with van der Waals surface area (Å²) in [7, 11) is 0. The molecule has 5 nitrogen and oxygen atoms in total. The lowest BCUT2D eigenvalue weighted by molar-refractivity contribution is -0.620. The number of nitrogens with one attached hydrogen (secondary N) is 1. The van der Waals surface area contributed by atoms with Crippen LogP contribution in [0.3, 0.4) is 0 Å². The molecule has 2 aromatic carbocycles. The normalized spacial score (nSPS) is 10.4. The van der Waals surface area contributed by atoms with E-state index in [1.165, 1.54) is 15.5 Å². The fourth-order valence-electron chi connectivity index (χ4n) is 1.98. The van der Waals surface area contributed by atoms with Gasteiger partial charge in [0, 0.05) is 0 Å². The van der Waals surface area contributed by atoms with Crippen LogP contribution in [0.2, 0.25) is 0 Å². The molecule has 98 valence electrons. The summed E-state index contributed by atoms with van der Waals surface area (Å²) in [6.07, 6.45) is 1.49. The Morgan fingerprint density at radius 1 is 0.850 bits per heavy atom. The molecule has 0 radical (unpaired) electrons. The number of nitrogens with zero attached hydrogens (tertiary/aromatic N) is 2. The van der Waals surface area contributed by atoms with Crippen molar-refractivity contribution in [2.75, 3.05) is 0 Å². The number of para-hydroxylation sites is 2. The zero-order valence-corrected chi connectivity index (χ0v) is 10.6. The second-order valence-corrected chi connectivity index (χ2v) is 4.26. The molecule has 0 saturated carbocycles. The van der Waals surface area contributed by atoms with E-state index >= 15 is 0 Å². The van der Waals surface area contributed by atoms with Gasteiger partial charge in [-0.05, 0) is 24.3 Å². The van der Waals surface area contributed by atoms with Gasteiger partial charge in [-0.3, -0.25) is 0 Å². The third-order valence-electron chi connectivity index (χ3n) is 2.95. The lowest BCUT2D eigenvalue weighted by Crippen LogP contribution is -2.54. The van der Waals surface area contributed by atoms with E-state index in [4.69, 9.17) is 0 Å². The van der Waals surface area contributed by atoms with E-state index in [1.807, 2.05) is 36.4 Å². The first-order valence-electron chi connectivity index (χ1n) is 6.14. The largest absolute Gasteiger partial charge is 0.450 e. The average Bonchev–Trinajstić information content (AvgIpc) is 2.49. The number of benzene rings is 2. The van der Waals surface area contributed by atoms with Gasteiger partial charge in [-0.15, -0.1) is 0 Å². The molecular formula is C15H12N3O2+. The van der Waals surface area contributed by atoms with Crippen molar-refractivity contribution in [2.24, 2.45) is 0 Å². The Labute approximate surface area is 114 Å². The van der Waals surface area contributed by atoms with Gasteiger partial charge in [0.25, 0.3) is 0 Å². The van der Waals surface area contributed by atoms with Gasteiger partial charge in [0.15, 0.2) is 0 Å². The highest BCUT2D eigenvalue weighted by Crippen LogP contribution is 2.01. The molecule has 1 N–H and O–H groups in total. The van der Waals surface area contributed by atoms with E-state index in [0.717, 1.165) is 0 Å². The van der Waals surface area contributed by atoms with Crippen LogP contribution in [-0.2, 0) is 0 Å². The van der Waals surface area contributed by atoms with E-state index in [-0.39, 0.29) is 0 Å². The first-order chi connectivity index (χ1) is 9.75. The Kier molecular flexibility index (Phi) is 3.01. The second kappa shape index (κ2) is 4.97. The molecule has 0 fully saturated rings. The zero-order chi connectivity index (χ0) is 13.9. The van der Waals surface area contributed by atoms with Crippen LogP contribution in [0, 0.1) is 0 Å². The summed E-state index contributed by atoms with van der Waals surface area (Å²) in [5.74, 6) is 0. The Bertz CT molecular complexity index is 767. The monoisotopic (exact) mass is 266 g/mol. The predicted octanol–water partition coefficient (Wildman–Crippen LogP) is 0.802. The molecule has 0 aliphatic heterocycles. The number of rotatable bonds is 2. The highest BCUT2D eigenvalue weighted by Gasteiger charge is 2.13. The van der Waals surface area contributed by atoms with Crippen molar-refractivity contribution in [3.05, 3.63) is 88.0 Å². The summed E-state index contributed by atoms with van der Waals surface area (Å²) >= 11 is 0. The van der Waals surface area contributed by atoms with Crippen molar-refractivity contribution in [1.29, 1.82) is 0 Å². The van der Waals surface area contributed by atoms with Crippen molar-refractivity contribution in [2.45, 2.75) is 0 Å². The highest BCUT2D eigenvalue weighted by atomic mass is 16.2. The Balaban J connectivity index is 2.24. The van der Waals surface area contributed by atoms with E-state index in [2.05, 4.69) is 4.98 Å². The summed E-state index contributed by atoms with van der Waals surface area (Å²) in [6, 6.07) is 18.3. The van der Waals surface area contributed by atoms with Crippen LogP contribution in [0.5, 0.6) is 0 Å². The average molecular weight is 266 g/mol. The third kappa shape index (κ3) is 2.16. The van der Waals surface area contributed by atoms with Crippen LogP contribution in [0.1, 0.15) is 0 Å². The first kappa shape index (κ1) is 12.1. The minimum atomic E-state index is -0.464. The van der Waals surface area contributed by atoms with Gasteiger partial charge < -0.3 is 0 Å². The van der Waals surface area contributed by atoms with E-state index < -0.39 is 11.4 Å². The topological polar surface area (TPSA) is 58.7 Å². The van der Waals surface area contributed by atoms with Crippen molar-refractivity contribution in [3.8, 4) is 11.4 Å². The van der Waals surface area contributed by atoms with E-state index in [9.17, 15) is 9.59 Å². The summed E-state index contributed by atoms with van der Waals surface area (Å²) in [5, 5.41) is 0. The van der Waals surface area contributed by atoms with Crippen LogP contribution >= 0.6 is 0 Å². The van der Waals surface area contributed by atoms with Gasteiger partial charge in [-0.25, -0.2) is 9.59 Å². The molecule has 1 aromatic heterocycles. The van der Waals surface area contributed by atoms with Gasteiger partial charge in [0.2, 0.25) is 6.33 Å². The predicted molar refractivity (Wildman–Crippen MR) is 74.2 cm³/mol. The van der Waals surface area contributed by atoms with Gasteiger partial charge in [0.1, 0.15) is 11.4 Å². The lowest BCUT2D eigenvalue weighted by atomic mass is 10.3. The summed E-state index contributed by atoms with van der Waals surface area (Å²) in [4.78, 5) is 26.2. The molecule has 20 heavy (non-hydrogen) atoms. The summed E-state index contributed by atoms with van der Waals surface area (Å²) < 4.78 is 2.79. The van der Waals surface area contributed by atoms with Gasteiger partial charge in [-0.2, -0.15) is 14.1 Å². The minimum Gasteiger partial charge on any atom is -0.212 e. The molecule has 3 aromatic rings. The number of H-pyrrole nitrogens is 1. The van der Waals surface area contributed by atoms with Crippen LogP contribution < -0.4 is 15.9 Å². The van der Waals surface area contributed by atoms with Gasteiger partial charge >= 0.3 is 11.4 Å². The SMILES string of the molecule is O=c1[nH]c(=O)[n+](-c2ccccc2)cn1-c1ccccc1. The van der Waals surface area contributed by atoms with Crippen LogP contribution in [0.25, 0.3) is 11.4 Å². The molecule has 0 saturated heterocycles. The third-order valence-corrected chi connectivity index (χ3v) is 2.95. The van der Waals surface area contributed by atoms with Crippen molar-refractivity contribution < 1.29 is 4.57 Å². The maximum Gasteiger partial charge on any atom is 0.450 e. The standard InChI is InChI=1S/C15H11N3O2/c19-14-16-15(20)18(13-9-5-2-6-10-13)11-17(14)12-7-3-1-4-8-12/h1-11H/p+1. The maximum absolute atomic E-state index is 11.9. The number of hydrogen-bond acceptors (Lipinski definition) is 2. The maximum atomic E-state index is 11.9. The fourth-order valence-corrected chi connectivity index (χ4v) is 1.98. The van der Waals surface area contributed by atoms with Crippen LogP contribution in [-0.4, -0.2) is 9.55 Å².